The molecule has 0 spiro atoms. The predicted octanol–water partition coefficient (Wildman–Crippen LogP) is 2.19. The number of nitrogen functional groups attached to an aromatic ring is 1. The minimum absolute atomic E-state index is 0.700. The average Bonchev–Trinajstić information content (AvgIpc) is 2.53. The summed E-state index contributed by atoms with van der Waals surface area (Å²) in [5, 5.41) is 0. The summed E-state index contributed by atoms with van der Waals surface area (Å²) in [6.45, 7) is 7.03. The summed E-state index contributed by atoms with van der Waals surface area (Å²) in [5.74, 6) is 0.779. The van der Waals surface area contributed by atoms with Crippen molar-refractivity contribution >= 4 is 5.69 Å². The van der Waals surface area contributed by atoms with Crippen molar-refractivity contribution in [3.8, 4) is 5.75 Å². The van der Waals surface area contributed by atoms with Gasteiger partial charge in [-0.15, -0.1) is 0 Å². The first-order chi connectivity index (χ1) is 10.7. The zero-order chi connectivity index (χ0) is 16.2. The summed E-state index contributed by atoms with van der Waals surface area (Å²) >= 11 is 0. The summed E-state index contributed by atoms with van der Waals surface area (Å²) in [6, 6.07) is 6.07. The minimum atomic E-state index is 0.700. The van der Waals surface area contributed by atoms with Crippen LogP contribution in [0.2, 0.25) is 0 Å². The normalized spacial score (nSPS) is 11.1. The molecule has 22 heavy (non-hydrogen) atoms. The van der Waals surface area contributed by atoms with Gasteiger partial charge in [-0.05, 0) is 30.5 Å². The van der Waals surface area contributed by atoms with E-state index in [1.807, 2.05) is 12.1 Å². The Balaban J connectivity index is 2.51. The highest BCUT2D eigenvalue weighted by atomic mass is 16.5. The molecule has 0 radical (unpaired) electrons. The van der Waals surface area contributed by atoms with Crippen molar-refractivity contribution in [3.05, 3.63) is 23.8 Å². The van der Waals surface area contributed by atoms with E-state index in [1.54, 1.807) is 14.2 Å². The third kappa shape index (κ3) is 7.11. The number of benzene rings is 1. The molecule has 126 valence electrons. The van der Waals surface area contributed by atoms with Gasteiger partial charge in [-0.1, -0.05) is 13.0 Å². The van der Waals surface area contributed by atoms with Crippen molar-refractivity contribution in [1.82, 2.24) is 4.90 Å². The highest BCUT2D eigenvalue weighted by Crippen LogP contribution is 2.23. The number of hydrogen-bond donors (Lipinski definition) is 1. The lowest BCUT2D eigenvalue weighted by molar-refractivity contribution is 0.115. The number of hydrogen-bond acceptors (Lipinski definition) is 5. The second-order valence-electron chi connectivity index (χ2n) is 5.30. The fourth-order valence-corrected chi connectivity index (χ4v) is 2.16. The van der Waals surface area contributed by atoms with E-state index in [2.05, 4.69) is 17.9 Å². The second kappa shape index (κ2) is 11.3. The molecule has 0 aliphatic rings. The third-order valence-corrected chi connectivity index (χ3v) is 3.48. The first-order valence-electron chi connectivity index (χ1n) is 7.92. The summed E-state index contributed by atoms with van der Waals surface area (Å²) in [4.78, 5) is 2.34. The average molecular weight is 310 g/mol. The molecule has 0 saturated heterocycles. The molecule has 0 heterocycles. The molecular formula is C17H30N2O3. The Labute approximate surface area is 134 Å². The molecule has 1 rings (SSSR count). The molecule has 1 aromatic rings. The van der Waals surface area contributed by atoms with Crippen LogP contribution in [-0.2, 0) is 15.9 Å². The van der Waals surface area contributed by atoms with E-state index in [0.29, 0.717) is 12.3 Å². The summed E-state index contributed by atoms with van der Waals surface area (Å²) in [5.41, 5.74) is 7.99. The molecule has 5 heteroatoms. The Kier molecular flexibility index (Phi) is 9.62. The molecule has 0 bridgehead atoms. The minimum Gasteiger partial charge on any atom is -0.491 e. The highest BCUT2D eigenvalue weighted by Gasteiger charge is 2.07. The number of anilines is 1. The maximum absolute atomic E-state index is 6.05. The Morgan fingerprint density at radius 2 is 1.68 bits per heavy atom. The lowest BCUT2D eigenvalue weighted by Crippen LogP contribution is -2.32. The van der Waals surface area contributed by atoms with Gasteiger partial charge >= 0.3 is 0 Å². The van der Waals surface area contributed by atoms with Gasteiger partial charge < -0.3 is 19.9 Å². The fraction of sp³-hybridized carbons (Fsp3) is 0.647. The summed E-state index contributed by atoms with van der Waals surface area (Å²) < 4.78 is 15.9. The van der Waals surface area contributed by atoms with Gasteiger partial charge in [0.25, 0.3) is 0 Å². The van der Waals surface area contributed by atoms with Gasteiger partial charge in [-0.3, -0.25) is 4.90 Å². The van der Waals surface area contributed by atoms with E-state index in [4.69, 9.17) is 19.9 Å². The van der Waals surface area contributed by atoms with Crippen molar-refractivity contribution in [2.45, 2.75) is 19.8 Å². The van der Waals surface area contributed by atoms with Gasteiger partial charge in [0.1, 0.15) is 5.75 Å². The van der Waals surface area contributed by atoms with Crippen molar-refractivity contribution in [1.29, 1.82) is 0 Å². The van der Waals surface area contributed by atoms with Crippen molar-refractivity contribution < 1.29 is 14.2 Å². The van der Waals surface area contributed by atoms with Crippen molar-refractivity contribution in [2.75, 3.05) is 59.4 Å². The number of nitrogens with zero attached hydrogens (tertiary/aromatic N) is 1. The van der Waals surface area contributed by atoms with Gasteiger partial charge in [0.05, 0.1) is 25.5 Å². The van der Waals surface area contributed by atoms with E-state index in [1.165, 1.54) is 5.56 Å². The maximum atomic E-state index is 6.05. The molecule has 0 saturated carbocycles. The fourth-order valence-electron chi connectivity index (χ4n) is 2.16. The number of nitrogens with two attached hydrogens (primary N) is 1. The van der Waals surface area contributed by atoms with Crippen molar-refractivity contribution in [3.63, 3.8) is 0 Å². The molecule has 0 fully saturated rings. The van der Waals surface area contributed by atoms with E-state index in [0.717, 1.165) is 51.4 Å². The zero-order valence-electron chi connectivity index (χ0n) is 14.1. The van der Waals surface area contributed by atoms with Crippen LogP contribution in [0.4, 0.5) is 5.69 Å². The van der Waals surface area contributed by atoms with Crippen LogP contribution in [-0.4, -0.2) is 58.6 Å². The molecular weight excluding hydrogens is 280 g/mol. The van der Waals surface area contributed by atoms with Crippen LogP contribution >= 0.6 is 0 Å². The van der Waals surface area contributed by atoms with Crippen LogP contribution in [0.1, 0.15) is 18.9 Å². The summed E-state index contributed by atoms with van der Waals surface area (Å²) in [6.07, 6.45) is 1.93. The van der Waals surface area contributed by atoms with E-state index >= 15 is 0 Å². The topological polar surface area (TPSA) is 57.0 Å². The molecule has 0 amide bonds. The lowest BCUT2D eigenvalue weighted by atomic mass is 10.1. The van der Waals surface area contributed by atoms with Crippen molar-refractivity contribution in [2.24, 2.45) is 0 Å². The van der Waals surface area contributed by atoms with Crippen LogP contribution in [0.5, 0.6) is 5.75 Å². The zero-order valence-corrected chi connectivity index (χ0v) is 14.1. The molecule has 0 unspecified atom stereocenters. The first-order valence-corrected chi connectivity index (χ1v) is 7.92. The molecule has 5 nitrogen and oxygen atoms in total. The molecule has 2 N–H and O–H groups in total. The van der Waals surface area contributed by atoms with Crippen LogP contribution in [0.15, 0.2) is 18.2 Å². The van der Waals surface area contributed by atoms with Crippen LogP contribution < -0.4 is 10.5 Å². The molecule has 0 aromatic heterocycles. The quantitative estimate of drug-likeness (QED) is 0.600. The van der Waals surface area contributed by atoms with Crippen LogP contribution in [0.3, 0.4) is 0 Å². The van der Waals surface area contributed by atoms with Gasteiger partial charge in [-0.2, -0.15) is 0 Å². The van der Waals surface area contributed by atoms with Crippen LogP contribution in [0.25, 0.3) is 0 Å². The van der Waals surface area contributed by atoms with E-state index in [-0.39, 0.29) is 0 Å². The van der Waals surface area contributed by atoms with Gasteiger partial charge in [-0.25, -0.2) is 0 Å². The maximum Gasteiger partial charge on any atom is 0.142 e. The Bertz CT molecular complexity index is 405. The largest absolute Gasteiger partial charge is 0.491 e. The first kappa shape index (κ1) is 18.7. The SMILES string of the molecule is CCCOc1ccc(CCN(CCOC)CCOC)cc1N. The molecule has 0 aliphatic carbocycles. The number of ether oxygens (including phenoxy) is 3. The van der Waals surface area contributed by atoms with Gasteiger partial charge in [0, 0.05) is 33.9 Å². The molecule has 0 atom stereocenters. The van der Waals surface area contributed by atoms with E-state index < -0.39 is 0 Å². The second-order valence-corrected chi connectivity index (χ2v) is 5.30. The monoisotopic (exact) mass is 310 g/mol. The van der Waals surface area contributed by atoms with Gasteiger partial charge in [0.2, 0.25) is 0 Å². The number of methoxy groups -OCH3 is 2. The molecule has 1 aromatic carbocycles. The van der Waals surface area contributed by atoms with Gasteiger partial charge in [0.15, 0.2) is 0 Å². The summed E-state index contributed by atoms with van der Waals surface area (Å²) in [7, 11) is 3.45. The smallest absolute Gasteiger partial charge is 0.142 e. The Morgan fingerprint density at radius 1 is 1.00 bits per heavy atom. The Morgan fingerprint density at radius 3 is 2.23 bits per heavy atom. The third-order valence-electron chi connectivity index (χ3n) is 3.48. The van der Waals surface area contributed by atoms with E-state index in [9.17, 15) is 0 Å². The van der Waals surface area contributed by atoms with Crippen LogP contribution in [0, 0.1) is 0 Å². The number of rotatable bonds is 12. The Hall–Kier alpha value is -1.30. The standard InChI is InChI=1S/C17H30N2O3/c1-4-11-22-17-6-5-15(14-16(17)18)7-8-19(9-12-20-2)10-13-21-3/h5-6,14H,4,7-13,18H2,1-3H3. The molecule has 0 aliphatic heterocycles. The predicted molar refractivity (Wildman–Crippen MR) is 90.5 cm³/mol. The highest BCUT2D eigenvalue weighted by molar-refractivity contribution is 5.54. The lowest BCUT2D eigenvalue weighted by Gasteiger charge is -2.21.